The van der Waals surface area contributed by atoms with Gasteiger partial charge in [0.05, 0.1) is 7.11 Å². The summed E-state index contributed by atoms with van der Waals surface area (Å²) in [5.41, 5.74) is 3.06. The van der Waals surface area contributed by atoms with Crippen molar-refractivity contribution in [2.24, 2.45) is 0 Å². The Kier molecular flexibility index (Phi) is 5.55. The van der Waals surface area contributed by atoms with Crippen LogP contribution in [0.25, 0.3) is 0 Å². The number of carbonyl (C=O) groups excluding carboxylic acids is 1. The molecule has 1 amide bonds. The quantitative estimate of drug-likeness (QED) is 0.858. The number of methoxy groups -OCH3 is 1. The number of hydrogen-bond acceptors (Lipinski definition) is 3. The molecule has 1 atom stereocenters. The Balaban J connectivity index is 2.03. The van der Waals surface area contributed by atoms with E-state index in [0.717, 1.165) is 29.1 Å². The van der Waals surface area contributed by atoms with Gasteiger partial charge >= 0.3 is 0 Å². The number of amides is 1. The first-order valence-electron chi connectivity index (χ1n) is 7.33. The van der Waals surface area contributed by atoms with Gasteiger partial charge in [-0.2, -0.15) is 0 Å². The fourth-order valence-corrected chi connectivity index (χ4v) is 2.32. The summed E-state index contributed by atoms with van der Waals surface area (Å²) in [7, 11) is 1.68. The van der Waals surface area contributed by atoms with Gasteiger partial charge in [0, 0.05) is 30.8 Å². The summed E-state index contributed by atoms with van der Waals surface area (Å²) in [6, 6.07) is 16.0. The van der Waals surface area contributed by atoms with Crippen LogP contribution in [0.15, 0.2) is 48.5 Å². The highest BCUT2D eigenvalue weighted by Crippen LogP contribution is 2.20. The number of hydrogen-bond donors (Lipinski definition) is 2. The summed E-state index contributed by atoms with van der Waals surface area (Å²) < 4.78 is 5.36. The van der Waals surface area contributed by atoms with Crippen molar-refractivity contribution in [2.45, 2.75) is 26.4 Å². The molecule has 0 saturated heterocycles. The molecular weight excluding hydrogens is 276 g/mol. The largest absolute Gasteiger partial charge is 0.496 e. The van der Waals surface area contributed by atoms with Crippen molar-refractivity contribution in [1.82, 2.24) is 5.32 Å². The van der Waals surface area contributed by atoms with E-state index in [4.69, 9.17) is 4.74 Å². The fraction of sp³-hybridized carbons (Fsp3) is 0.278. The van der Waals surface area contributed by atoms with Crippen LogP contribution in [0.3, 0.4) is 0 Å². The predicted octanol–water partition coefficient (Wildman–Crippen LogP) is 3.50. The number of anilines is 1. The third kappa shape index (κ3) is 4.33. The third-order valence-corrected chi connectivity index (χ3v) is 3.50. The van der Waals surface area contributed by atoms with Gasteiger partial charge in [-0.15, -0.1) is 0 Å². The zero-order chi connectivity index (χ0) is 15.9. The van der Waals surface area contributed by atoms with Crippen LogP contribution in [0.4, 0.5) is 5.69 Å². The number of carbonyl (C=O) groups is 1. The lowest BCUT2D eigenvalue weighted by molar-refractivity contribution is -0.114. The summed E-state index contributed by atoms with van der Waals surface area (Å²) in [6.45, 7) is 4.33. The van der Waals surface area contributed by atoms with Gasteiger partial charge in [0.2, 0.25) is 5.91 Å². The number of para-hydroxylation sites is 1. The predicted molar refractivity (Wildman–Crippen MR) is 89.0 cm³/mol. The molecule has 4 nitrogen and oxygen atoms in total. The van der Waals surface area contributed by atoms with Gasteiger partial charge in [0.25, 0.3) is 0 Å². The van der Waals surface area contributed by atoms with E-state index in [9.17, 15) is 4.79 Å². The minimum Gasteiger partial charge on any atom is -0.496 e. The fourth-order valence-electron chi connectivity index (χ4n) is 2.32. The molecule has 0 saturated carbocycles. The SMILES string of the molecule is COc1ccccc1CNC(C)c1cccc(NC(C)=O)c1. The Bertz CT molecular complexity index is 640. The maximum Gasteiger partial charge on any atom is 0.221 e. The molecule has 4 heteroatoms. The van der Waals surface area contributed by atoms with Crippen molar-refractivity contribution in [1.29, 1.82) is 0 Å². The Hall–Kier alpha value is -2.33. The van der Waals surface area contributed by atoms with Gasteiger partial charge in [-0.3, -0.25) is 4.79 Å². The molecule has 0 aliphatic heterocycles. The second-order valence-corrected chi connectivity index (χ2v) is 5.22. The standard InChI is InChI=1S/C18H22N2O2/c1-13(15-8-6-9-17(11-15)20-14(2)21)19-12-16-7-4-5-10-18(16)22-3/h4-11,13,19H,12H2,1-3H3,(H,20,21). The lowest BCUT2D eigenvalue weighted by Crippen LogP contribution is -2.18. The van der Waals surface area contributed by atoms with Gasteiger partial charge in [0.1, 0.15) is 5.75 Å². The van der Waals surface area contributed by atoms with Gasteiger partial charge in [-0.05, 0) is 30.7 Å². The van der Waals surface area contributed by atoms with Crippen molar-refractivity contribution in [3.63, 3.8) is 0 Å². The molecule has 2 N–H and O–H groups in total. The summed E-state index contributed by atoms with van der Waals surface area (Å²) in [5.74, 6) is 0.820. The summed E-state index contributed by atoms with van der Waals surface area (Å²) in [5, 5.41) is 6.28. The first-order valence-corrected chi connectivity index (χ1v) is 7.33. The van der Waals surface area contributed by atoms with Crippen molar-refractivity contribution in [3.8, 4) is 5.75 Å². The van der Waals surface area contributed by atoms with Gasteiger partial charge in [-0.25, -0.2) is 0 Å². The molecule has 2 rings (SSSR count). The molecule has 0 heterocycles. The lowest BCUT2D eigenvalue weighted by atomic mass is 10.1. The highest BCUT2D eigenvalue weighted by molar-refractivity contribution is 5.88. The molecule has 22 heavy (non-hydrogen) atoms. The number of benzene rings is 2. The Morgan fingerprint density at radius 1 is 1.18 bits per heavy atom. The average molecular weight is 298 g/mol. The maximum absolute atomic E-state index is 11.1. The second-order valence-electron chi connectivity index (χ2n) is 5.22. The molecule has 0 bridgehead atoms. The molecule has 1 unspecified atom stereocenters. The zero-order valence-electron chi connectivity index (χ0n) is 13.2. The van der Waals surface area contributed by atoms with Crippen LogP contribution in [-0.2, 0) is 11.3 Å². The highest BCUT2D eigenvalue weighted by atomic mass is 16.5. The monoisotopic (exact) mass is 298 g/mol. The normalized spacial score (nSPS) is 11.8. The van der Waals surface area contributed by atoms with Crippen LogP contribution in [0.5, 0.6) is 5.75 Å². The van der Waals surface area contributed by atoms with Gasteiger partial charge in [-0.1, -0.05) is 30.3 Å². The first kappa shape index (κ1) is 16.0. The highest BCUT2D eigenvalue weighted by Gasteiger charge is 2.08. The number of nitrogens with one attached hydrogen (secondary N) is 2. The minimum absolute atomic E-state index is 0.0632. The van der Waals surface area contributed by atoms with Crippen LogP contribution < -0.4 is 15.4 Å². The second kappa shape index (κ2) is 7.61. The van der Waals surface area contributed by atoms with Crippen LogP contribution >= 0.6 is 0 Å². The van der Waals surface area contributed by atoms with E-state index >= 15 is 0 Å². The summed E-state index contributed by atoms with van der Waals surface area (Å²) in [4.78, 5) is 11.1. The van der Waals surface area contributed by atoms with Crippen molar-refractivity contribution < 1.29 is 9.53 Å². The van der Waals surface area contributed by atoms with E-state index in [1.807, 2.05) is 48.5 Å². The molecule has 116 valence electrons. The van der Waals surface area contributed by atoms with Crippen molar-refractivity contribution in [3.05, 3.63) is 59.7 Å². The summed E-state index contributed by atoms with van der Waals surface area (Å²) >= 11 is 0. The molecule has 0 spiro atoms. The minimum atomic E-state index is -0.0632. The smallest absolute Gasteiger partial charge is 0.221 e. The molecule has 0 aromatic heterocycles. The molecule has 0 fully saturated rings. The molecule has 0 radical (unpaired) electrons. The van der Waals surface area contributed by atoms with E-state index in [1.165, 1.54) is 6.92 Å². The Morgan fingerprint density at radius 2 is 1.95 bits per heavy atom. The number of rotatable bonds is 6. The molecule has 2 aromatic carbocycles. The molecule has 0 aliphatic carbocycles. The van der Waals surface area contributed by atoms with Crippen LogP contribution in [-0.4, -0.2) is 13.0 Å². The van der Waals surface area contributed by atoms with Crippen LogP contribution in [0, 0.1) is 0 Å². The van der Waals surface area contributed by atoms with Crippen molar-refractivity contribution >= 4 is 11.6 Å². The maximum atomic E-state index is 11.1. The van der Waals surface area contributed by atoms with Crippen LogP contribution in [0.1, 0.15) is 31.0 Å². The van der Waals surface area contributed by atoms with Gasteiger partial charge < -0.3 is 15.4 Å². The Labute approximate surface area is 131 Å². The van der Waals surface area contributed by atoms with E-state index in [-0.39, 0.29) is 11.9 Å². The zero-order valence-corrected chi connectivity index (χ0v) is 13.2. The van der Waals surface area contributed by atoms with Crippen molar-refractivity contribution in [2.75, 3.05) is 12.4 Å². The molecule has 0 aliphatic rings. The van der Waals surface area contributed by atoms with Gasteiger partial charge in [0.15, 0.2) is 0 Å². The van der Waals surface area contributed by atoms with E-state index in [0.29, 0.717) is 0 Å². The number of ether oxygens (including phenoxy) is 1. The third-order valence-electron chi connectivity index (χ3n) is 3.50. The lowest BCUT2D eigenvalue weighted by Gasteiger charge is -2.16. The topological polar surface area (TPSA) is 50.4 Å². The van der Waals surface area contributed by atoms with E-state index in [1.54, 1.807) is 7.11 Å². The van der Waals surface area contributed by atoms with Crippen LogP contribution in [0.2, 0.25) is 0 Å². The van der Waals surface area contributed by atoms with E-state index in [2.05, 4.69) is 17.6 Å². The first-order chi connectivity index (χ1) is 10.6. The molecular formula is C18H22N2O2. The van der Waals surface area contributed by atoms with E-state index < -0.39 is 0 Å². The molecule has 2 aromatic rings. The Morgan fingerprint density at radius 3 is 2.68 bits per heavy atom. The average Bonchev–Trinajstić information content (AvgIpc) is 2.52. The summed E-state index contributed by atoms with van der Waals surface area (Å²) in [6.07, 6.45) is 0.